The normalized spacial score (nSPS) is 15.6. The first-order valence-corrected chi connectivity index (χ1v) is 14.9. The van der Waals surface area contributed by atoms with Crippen molar-refractivity contribution in [1.29, 1.82) is 0 Å². The predicted molar refractivity (Wildman–Crippen MR) is 120 cm³/mol. The second-order valence-corrected chi connectivity index (χ2v) is 13.1. The monoisotopic (exact) mass is 520 g/mol. The van der Waals surface area contributed by atoms with E-state index in [1.165, 1.54) is 12.1 Å². The molecular formula is C16H24N6O8S2Si. The molecule has 1 aromatic carbocycles. The van der Waals surface area contributed by atoms with Crippen molar-refractivity contribution in [2.45, 2.75) is 30.2 Å². The van der Waals surface area contributed by atoms with E-state index in [-0.39, 0.29) is 30.1 Å². The van der Waals surface area contributed by atoms with Gasteiger partial charge < -0.3 is 24.3 Å². The molecule has 2 aromatic rings. The molecule has 3 rings (SSSR count). The maximum absolute atomic E-state index is 11.8. The molecule has 0 atom stereocenters. The quantitative estimate of drug-likeness (QED) is 0.183. The first-order valence-electron chi connectivity index (χ1n) is 9.59. The van der Waals surface area contributed by atoms with Gasteiger partial charge in [-0.3, -0.25) is 9.27 Å². The highest BCUT2D eigenvalue weighted by Crippen LogP contribution is 2.28. The third kappa shape index (κ3) is 7.03. The molecule has 0 radical (unpaired) electrons. The molecule has 0 saturated carbocycles. The number of sulfonamides is 1. The van der Waals surface area contributed by atoms with Gasteiger partial charge in [0.25, 0.3) is 10.1 Å². The van der Waals surface area contributed by atoms with Crippen LogP contribution in [0.15, 0.2) is 23.1 Å². The largest absolute Gasteiger partial charge is 0.504 e. The highest BCUT2D eigenvalue weighted by atomic mass is 32.2. The van der Waals surface area contributed by atoms with E-state index in [2.05, 4.69) is 25.0 Å². The van der Waals surface area contributed by atoms with E-state index >= 15 is 0 Å². The number of hydrogen-bond acceptors (Lipinski definition) is 12. The molecule has 0 spiro atoms. The van der Waals surface area contributed by atoms with E-state index in [1.54, 1.807) is 7.11 Å². The number of hydrogen-bond donors (Lipinski definition) is 4. The van der Waals surface area contributed by atoms with Gasteiger partial charge in [0.2, 0.25) is 21.9 Å². The summed E-state index contributed by atoms with van der Waals surface area (Å²) in [7, 11) is -9.21. The Kier molecular flexibility index (Phi) is 7.51. The summed E-state index contributed by atoms with van der Waals surface area (Å²) in [6.07, 6.45) is 2.80. The molecule has 0 bridgehead atoms. The Morgan fingerprint density at radius 2 is 1.91 bits per heavy atom. The zero-order valence-corrected chi connectivity index (χ0v) is 20.4. The Morgan fingerprint density at radius 1 is 1.18 bits per heavy atom. The van der Waals surface area contributed by atoms with Gasteiger partial charge in [0.1, 0.15) is 17.5 Å². The number of aryl methyl sites for hydroxylation is 1. The number of nitrogens with zero attached hydrogens (tertiary/aromatic N) is 3. The third-order valence-electron chi connectivity index (χ3n) is 4.51. The third-order valence-corrected chi connectivity index (χ3v) is 8.73. The van der Waals surface area contributed by atoms with Crippen molar-refractivity contribution < 1.29 is 34.7 Å². The SMILES string of the molecule is CO[Si]1(CCCCc2nc(N)nc(Nc3cc(NS(C)(=O)=O)ccc3S(=O)(=O)O)n2)OCO1. The van der Waals surface area contributed by atoms with Crippen LogP contribution in [0.5, 0.6) is 0 Å². The minimum atomic E-state index is -4.64. The highest BCUT2D eigenvalue weighted by Gasteiger charge is 2.46. The zero-order valence-electron chi connectivity index (χ0n) is 17.8. The number of aromatic nitrogens is 3. The van der Waals surface area contributed by atoms with Crippen LogP contribution in [-0.4, -0.2) is 65.3 Å². The molecule has 14 nitrogen and oxygen atoms in total. The van der Waals surface area contributed by atoms with Gasteiger partial charge >= 0.3 is 8.80 Å². The van der Waals surface area contributed by atoms with Crippen LogP contribution in [0.3, 0.4) is 0 Å². The molecule has 182 valence electrons. The van der Waals surface area contributed by atoms with Crippen LogP contribution in [0.1, 0.15) is 18.7 Å². The molecule has 0 aliphatic carbocycles. The summed E-state index contributed by atoms with van der Waals surface area (Å²) in [4.78, 5) is 11.7. The summed E-state index contributed by atoms with van der Waals surface area (Å²) in [5, 5.41) is 2.66. The Labute approximate surface area is 192 Å². The molecule has 1 aliphatic rings. The van der Waals surface area contributed by atoms with Crippen molar-refractivity contribution in [2.24, 2.45) is 0 Å². The van der Waals surface area contributed by atoms with Gasteiger partial charge in [0.15, 0.2) is 0 Å². The maximum atomic E-state index is 11.8. The fraction of sp³-hybridized carbons (Fsp3) is 0.438. The number of nitrogen functional groups attached to an aromatic ring is 1. The molecule has 17 heteroatoms. The van der Waals surface area contributed by atoms with Crippen LogP contribution in [0, 0.1) is 0 Å². The summed E-state index contributed by atoms with van der Waals surface area (Å²) >= 11 is 0. The van der Waals surface area contributed by atoms with Crippen molar-refractivity contribution in [2.75, 3.05) is 35.9 Å². The second kappa shape index (κ2) is 9.83. The summed E-state index contributed by atoms with van der Waals surface area (Å²) in [6, 6.07) is 4.05. The molecule has 1 aromatic heterocycles. The lowest BCUT2D eigenvalue weighted by Gasteiger charge is -2.35. The minimum absolute atomic E-state index is 0.0614. The van der Waals surface area contributed by atoms with Gasteiger partial charge in [-0.25, -0.2) is 8.42 Å². The van der Waals surface area contributed by atoms with Crippen LogP contribution in [0.2, 0.25) is 6.04 Å². The van der Waals surface area contributed by atoms with Gasteiger partial charge in [-0.05, 0) is 31.0 Å². The van der Waals surface area contributed by atoms with E-state index in [4.69, 9.17) is 19.0 Å². The second-order valence-electron chi connectivity index (χ2n) is 7.12. The predicted octanol–water partition coefficient (Wildman–Crippen LogP) is 0.728. The van der Waals surface area contributed by atoms with E-state index < -0.39 is 33.8 Å². The number of nitrogens with one attached hydrogen (secondary N) is 2. The Bertz CT molecular complexity index is 1220. The average Bonchev–Trinajstić information content (AvgIpc) is 2.64. The molecule has 5 N–H and O–H groups in total. The Balaban J connectivity index is 1.76. The first kappa shape index (κ1) is 25.2. The molecular weight excluding hydrogens is 496 g/mol. The molecule has 0 unspecified atom stereocenters. The van der Waals surface area contributed by atoms with Crippen molar-refractivity contribution >= 4 is 52.2 Å². The molecule has 2 heterocycles. The summed E-state index contributed by atoms with van der Waals surface area (Å²) in [6.45, 7) is 0.242. The number of rotatable bonds is 11. The summed E-state index contributed by atoms with van der Waals surface area (Å²) in [5.41, 5.74) is 5.67. The molecule has 1 aliphatic heterocycles. The summed E-state index contributed by atoms with van der Waals surface area (Å²) < 4.78 is 74.4. The van der Waals surface area contributed by atoms with Gasteiger partial charge in [-0.15, -0.1) is 0 Å². The van der Waals surface area contributed by atoms with Gasteiger partial charge in [-0.2, -0.15) is 23.4 Å². The molecule has 1 fully saturated rings. The topological polar surface area (TPSA) is 205 Å². The number of nitrogens with two attached hydrogens (primary N) is 1. The Hall–Kier alpha value is -2.41. The van der Waals surface area contributed by atoms with Gasteiger partial charge in [0.05, 0.1) is 17.6 Å². The standard InChI is InChI=1S/C16H24N6O8S2Si/c1-28-33(29-10-30-33)8-4-3-5-14-19-15(17)21-16(20-14)18-12-9-11(22-31(2,23)24)6-7-13(12)32(25,26)27/h6-7,9,22H,3-5,8,10H2,1-2H3,(H,25,26,27)(H3,17,18,19,20,21). The van der Waals surface area contributed by atoms with Crippen LogP contribution < -0.4 is 15.8 Å². The first-order chi connectivity index (χ1) is 15.4. The fourth-order valence-corrected chi connectivity index (χ4v) is 6.01. The molecule has 33 heavy (non-hydrogen) atoms. The Morgan fingerprint density at radius 3 is 2.48 bits per heavy atom. The van der Waals surface area contributed by atoms with Gasteiger partial charge in [0, 0.05) is 19.6 Å². The highest BCUT2D eigenvalue weighted by molar-refractivity contribution is 7.92. The van der Waals surface area contributed by atoms with Crippen LogP contribution in [0.4, 0.5) is 23.3 Å². The van der Waals surface area contributed by atoms with Crippen LogP contribution in [0.25, 0.3) is 0 Å². The van der Waals surface area contributed by atoms with Crippen molar-refractivity contribution in [3.63, 3.8) is 0 Å². The van der Waals surface area contributed by atoms with E-state index in [9.17, 15) is 21.4 Å². The smallest absolute Gasteiger partial charge is 0.377 e. The lowest BCUT2D eigenvalue weighted by Crippen LogP contribution is -2.54. The average molecular weight is 521 g/mol. The van der Waals surface area contributed by atoms with Crippen molar-refractivity contribution in [1.82, 2.24) is 15.0 Å². The zero-order chi connectivity index (χ0) is 24.3. The van der Waals surface area contributed by atoms with Gasteiger partial charge in [-0.1, -0.05) is 0 Å². The van der Waals surface area contributed by atoms with Crippen molar-refractivity contribution in [3.8, 4) is 0 Å². The number of unbranched alkanes of at least 4 members (excludes halogenated alkanes) is 1. The van der Waals surface area contributed by atoms with Crippen molar-refractivity contribution in [3.05, 3.63) is 24.0 Å². The lowest BCUT2D eigenvalue weighted by molar-refractivity contribution is -0.0918. The molecule has 1 saturated heterocycles. The number of anilines is 4. The molecule has 0 amide bonds. The fourth-order valence-electron chi connectivity index (χ4n) is 3.04. The van der Waals surface area contributed by atoms with E-state index in [0.717, 1.165) is 18.7 Å². The van der Waals surface area contributed by atoms with Crippen LogP contribution in [-0.2, 0) is 39.8 Å². The maximum Gasteiger partial charge on any atom is 0.504 e. The lowest BCUT2D eigenvalue weighted by atomic mass is 10.2. The minimum Gasteiger partial charge on any atom is -0.377 e. The van der Waals surface area contributed by atoms with E-state index in [0.29, 0.717) is 24.7 Å². The van der Waals surface area contributed by atoms with E-state index in [1.807, 2.05) is 0 Å². The van der Waals surface area contributed by atoms with Crippen LogP contribution >= 0.6 is 0 Å². The number of benzene rings is 1. The summed E-state index contributed by atoms with van der Waals surface area (Å²) in [5.74, 6) is 0.175.